The van der Waals surface area contributed by atoms with Gasteiger partial charge in [-0.15, -0.1) is 0 Å². The van der Waals surface area contributed by atoms with Gasteiger partial charge >= 0.3 is 0 Å². The van der Waals surface area contributed by atoms with Gasteiger partial charge in [0.15, 0.2) is 0 Å². The molecule has 1 aromatic rings. The van der Waals surface area contributed by atoms with Crippen LogP contribution in [0.25, 0.3) is 0 Å². The number of benzene rings is 1. The van der Waals surface area contributed by atoms with Gasteiger partial charge in [0.05, 0.1) is 7.11 Å². The molecule has 3 N–H and O–H groups in total. The monoisotopic (exact) mass is 260 g/mol. The highest BCUT2D eigenvalue weighted by molar-refractivity contribution is 5.38. The molecule has 0 spiro atoms. The number of rotatable bonds is 4. The number of hydrogen-bond donors (Lipinski definition) is 2. The number of methoxy groups -OCH3 is 1. The van der Waals surface area contributed by atoms with Crippen LogP contribution in [0.1, 0.15) is 42.9 Å². The molecule has 3 unspecified atom stereocenters. The van der Waals surface area contributed by atoms with Crippen LogP contribution in [0, 0.1) is 24.7 Å². The van der Waals surface area contributed by atoms with Crippen molar-refractivity contribution in [3.63, 3.8) is 0 Å². The van der Waals surface area contributed by atoms with E-state index in [1.165, 1.54) is 36.8 Å². The Hall–Kier alpha value is -1.06. The van der Waals surface area contributed by atoms with Crippen LogP contribution in [-0.4, -0.2) is 7.11 Å². The standard InChI is InChI=1S/C16H24N2O/c1-10-9-11(19-2)7-8-12(10)16(18-17)15-13-5-3-4-6-14(13)15/h7-9,13-16,18H,3-6,17H2,1-2H3. The molecule has 2 aliphatic carbocycles. The van der Waals surface area contributed by atoms with Crippen LogP contribution in [-0.2, 0) is 0 Å². The van der Waals surface area contributed by atoms with Crippen molar-refractivity contribution < 1.29 is 4.74 Å². The Bertz CT molecular complexity index is 448. The maximum absolute atomic E-state index is 5.86. The maximum Gasteiger partial charge on any atom is 0.119 e. The van der Waals surface area contributed by atoms with Gasteiger partial charge in [0, 0.05) is 6.04 Å². The van der Waals surface area contributed by atoms with Gasteiger partial charge in [-0.1, -0.05) is 18.9 Å². The molecular weight excluding hydrogens is 236 g/mol. The number of hydrogen-bond acceptors (Lipinski definition) is 3. The quantitative estimate of drug-likeness (QED) is 0.646. The van der Waals surface area contributed by atoms with E-state index in [-0.39, 0.29) is 0 Å². The summed E-state index contributed by atoms with van der Waals surface area (Å²) in [5.74, 6) is 9.31. The Morgan fingerprint density at radius 2 is 1.95 bits per heavy atom. The molecule has 0 aliphatic heterocycles. The van der Waals surface area contributed by atoms with Crippen LogP contribution in [0.4, 0.5) is 0 Å². The summed E-state index contributed by atoms with van der Waals surface area (Å²) in [6.07, 6.45) is 5.58. The SMILES string of the molecule is COc1ccc(C(NN)C2C3CCCCC32)c(C)c1. The number of nitrogens with one attached hydrogen (secondary N) is 1. The molecule has 2 aliphatic rings. The molecule has 104 valence electrons. The second-order valence-electron chi connectivity index (χ2n) is 6.06. The number of nitrogens with two attached hydrogens (primary N) is 1. The molecule has 1 aromatic carbocycles. The van der Waals surface area contributed by atoms with Gasteiger partial charge in [0.1, 0.15) is 5.75 Å². The predicted molar refractivity (Wildman–Crippen MR) is 76.7 cm³/mol. The van der Waals surface area contributed by atoms with Crippen LogP contribution < -0.4 is 16.0 Å². The molecular formula is C16H24N2O. The minimum atomic E-state index is 0.305. The van der Waals surface area contributed by atoms with Crippen molar-refractivity contribution in [2.75, 3.05) is 7.11 Å². The largest absolute Gasteiger partial charge is 0.497 e. The summed E-state index contributed by atoms with van der Waals surface area (Å²) in [5.41, 5.74) is 5.68. The average Bonchev–Trinajstić information content (AvgIpc) is 3.16. The Balaban J connectivity index is 1.83. The zero-order valence-corrected chi connectivity index (χ0v) is 11.9. The third kappa shape index (κ3) is 2.26. The molecule has 0 bridgehead atoms. The number of aryl methyl sites for hydroxylation is 1. The van der Waals surface area contributed by atoms with Gasteiger partial charge in [-0.25, -0.2) is 0 Å². The van der Waals surface area contributed by atoms with Gasteiger partial charge in [-0.3, -0.25) is 11.3 Å². The van der Waals surface area contributed by atoms with Crippen molar-refractivity contribution >= 4 is 0 Å². The Labute approximate surface area is 115 Å². The third-order valence-electron chi connectivity index (χ3n) is 5.10. The first kappa shape index (κ1) is 12.9. The molecule has 19 heavy (non-hydrogen) atoms. The zero-order valence-electron chi connectivity index (χ0n) is 11.9. The average molecular weight is 260 g/mol. The van der Waals surface area contributed by atoms with E-state index in [2.05, 4.69) is 24.5 Å². The molecule has 2 fully saturated rings. The van der Waals surface area contributed by atoms with Gasteiger partial charge in [0.2, 0.25) is 0 Å². The van der Waals surface area contributed by atoms with E-state index < -0.39 is 0 Å². The first-order valence-electron chi connectivity index (χ1n) is 7.37. The fourth-order valence-electron chi connectivity index (χ4n) is 4.07. The van der Waals surface area contributed by atoms with E-state index >= 15 is 0 Å². The fraction of sp³-hybridized carbons (Fsp3) is 0.625. The van der Waals surface area contributed by atoms with Gasteiger partial charge in [-0.05, 0) is 60.8 Å². The lowest BCUT2D eigenvalue weighted by molar-refractivity contribution is 0.412. The lowest BCUT2D eigenvalue weighted by Crippen LogP contribution is -2.30. The summed E-state index contributed by atoms with van der Waals surface area (Å²) in [6, 6.07) is 6.62. The first-order chi connectivity index (χ1) is 9.26. The van der Waals surface area contributed by atoms with Crippen LogP contribution in [0.3, 0.4) is 0 Å². The third-order valence-corrected chi connectivity index (χ3v) is 5.10. The summed E-state index contributed by atoms with van der Waals surface area (Å²) in [5, 5.41) is 0. The topological polar surface area (TPSA) is 47.3 Å². The zero-order chi connectivity index (χ0) is 13.4. The number of fused-ring (bicyclic) bond motifs is 1. The minimum Gasteiger partial charge on any atom is -0.497 e. The van der Waals surface area contributed by atoms with E-state index in [0.29, 0.717) is 6.04 Å². The number of hydrazine groups is 1. The minimum absolute atomic E-state index is 0.305. The Kier molecular flexibility index (Phi) is 3.50. The van der Waals surface area contributed by atoms with Crippen molar-refractivity contribution in [2.24, 2.45) is 23.6 Å². The molecule has 0 saturated heterocycles. The van der Waals surface area contributed by atoms with Crippen LogP contribution in [0.15, 0.2) is 18.2 Å². The maximum atomic E-state index is 5.86. The summed E-state index contributed by atoms with van der Waals surface area (Å²) in [6.45, 7) is 2.15. The molecule has 3 nitrogen and oxygen atoms in total. The predicted octanol–water partition coefficient (Wildman–Crippen LogP) is 2.94. The lowest BCUT2D eigenvalue weighted by Gasteiger charge is -2.19. The second-order valence-corrected chi connectivity index (χ2v) is 6.06. The molecule has 3 heteroatoms. The van der Waals surface area contributed by atoms with Crippen molar-refractivity contribution in [2.45, 2.75) is 38.6 Å². The number of ether oxygens (including phenoxy) is 1. The van der Waals surface area contributed by atoms with E-state index in [1.54, 1.807) is 7.11 Å². The molecule has 3 atom stereocenters. The molecule has 3 rings (SSSR count). The van der Waals surface area contributed by atoms with Gasteiger partial charge < -0.3 is 4.74 Å². The van der Waals surface area contributed by atoms with Crippen LogP contribution in [0.5, 0.6) is 5.75 Å². The summed E-state index contributed by atoms with van der Waals surface area (Å²) < 4.78 is 5.28. The lowest BCUT2D eigenvalue weighted by atomic mass is 9.96. The summed E-state index contributed by atoms with van der Waals surface area (Å²) >= 11 is 0. The Morgan fingerprint density at radius 3 is 2.47 bits per heavy atom. The second kappa shape index (κ2) is 5.14. The molecule has 0 heterocycles. The van der Waals surface area contributed by atoms with E-state index in [4.69, 9.17) is 10.6 Å². The van der Waals surface area contributed by atoms with Crippen LogP contribution in [0.2, 0.25) is 0 Å². The van der Waals surface area contributed by atoms with Crippen molar-refractivity contribution in [1.82, 2.24) is 5.43 Å². The highest BCUT2D eigenvalue weighted by Gasteiger charge is 2.54. The first-order valence-corrected chi connectivity index (χ1v) is 7.37. The van der Waals surface area contributed by atoms with E-state index in [1.807, 2.05) is 6.07 Å². The fourth-order valence-corrected chi connectivity index (χ4v) is 4.07. The molecule has 2 saturated carbocycles. The van der Waals surface area contributed by atoms with Crippen LogP contribution >= 0.6 is 0 Å². The molecule has 0 radical (unpaired) electrons. The highest BCUT2D eigenvalue weighted by atomic mass is 16.5. The smallest absolute Gasteiger partial charge is 0.119 e. The normalized spacial score (nSPS) is 30.6. The van der Waals surface area contributed by atoms with Crippen molar-refractivity contribution in [3.05, 3.63) is 29.3 Å². The van der Waals surface area contributed by atoms with Crippen molar-refractivity contribution in [3.8, 4) is 5.75 Å². The van der Waals surface area contributed by atoms with Crippen molar-refractivity contribution in [1.29, 1.82) is 0 Å². The van der Waals surface area contributed by atoms with Gasteiger partial charge in [0.25, 0.3) is 0 Å². The van der Waals surface area contributed by atoms with E-state index in [9.17, 15) is 0 Å². The Morgan fingerprint density at radius 1 is 1.26 bits per heavy atom. The molecule has 0 aromatic heterocycles. The summed E-state index contributed by atoms with van der Waals surface area (Å²) in [4.78, 5) is 0. The highest BCUT2D eigenvalue weighted by Crippen LogP contribution is 2.60. The molecule has 0 amide bonds. The van der Waals surface area contributed by atoms with Gasteiger partial charge in [-0.2, -0.15) is 0 Å². The summed E-state index contributed by atoms with van der Waals surface area (Å²) in [7, 11) is 1.71. The van der Waals surface area contributed by atoms with E-state index in [0.717, 1.165) is 23.5 Å².